The molecule has 4 rings (SSSR count). The van der Waals surface area contributed by atoms with Crippen molar-refractivity contribution >= 4 is 35.3 Å². The highest BCUT2D eigenvalue weighted by molar-refractivity contribution is 6.39. The normalized spacial score (nSPS) is 20.9. The largest absolute Gasteiger partial charge is 0.494 e. The molecular formula is C27H31N3O4. The van der Waals surface area contributed by atoms with Gasteiger partial charge in [-0.15, -0.1) is 0 Å². The number of rotatable bonds is 4. The van der Waals surface area contributed by atoms with Crippen molar-refractivity contribution in [3.05, 3.63) is 58.7 Å². The maximum Gasteiger partial charge on any atom is 0.335 e. The molecule has 7 heteroatoms. The fraction of sp³-hybridized carbons (Fsp3) is 0.370. The molecule has 4 amide bonds. The lowest BCUT2D eigenvalue weighted by Crippen LogP contribution is -2.54. The molecule has 0 saturated carbocycles. The fourth-order valence-electron chi connectivity index (χ4n) is 4.80. The van der Waals surface area contributed by atoms with Crippen LogP contribution in [0.5, 0.6) is 5.75 Å². The Kier molecular flexibility index (Phi) is 5.98. The number of barbiturate groups is 1. The fourth-order valence-corrected chi connectivity index (χ4v) is 4.80. The highest BCUT2D eigenvalue weighted by Crippen LogP contribution is 2.43. The Morgan fingerprint density at radius 3 is 2.47 bits per heavy atom. The number of benzene rings is 2. The number of amides is 4. The van der Waals surface area contributed by atoms with Crippen LogP contribution in [0.3, 0.4) is 0 Å². The molecule has 1 N–H and O–H groups in total. The number of carbonyl (C=O) groups is 3. The minimum Gasteiger partial charge on any atom is -0.494 e. The van der Waals surface area contributed by atoms with E-state index in [9.17, 15) is 14.4 Å². The van der Waals surface area contributed by atoms with Gasteiger partial charge in [0.1, 0.15) is 11.3 Å². The smallest absolute Gasteiger partial charge is 0.335 e. The minimum atomic E-state index is -0.768. The van der Waals surface area contributed by atoms with Crippen LogP contribution in [0.25, 0.3) is 6.08 Å². The molecule has 0 aromatic heterocycles. The second kappa shape index (κ2) is 8.63. The Morgan fingerprint density at radius 2 is 1.82 bits per heavy atom. The number of anilines is 2. The van der Waals surface area contributed by atoms with Crippen molar-refractivity contribution in [1.82, 2.24) is 5.32 Å². The average Bonchev–Trinajstić information content (AvgIpc) is 2.76. The van der Waals surface area contributed by atoms with Crippen molar-refractivity contribution in [1.29, 1.82) is 0 Å². The summed E-state index contributed by atoms with van der Waals surface area (Å²) in [6, 6.07) is 10.0. The van der Waals surface area contributed by atoms with Gasteiger partial charge in [-0.3, -0.25) is 14.9 Å². The monoisotopic (exact) mass is 461 g/mol. The number of nitrogens with one attached hydrogen (secondary N) is 1. The third kappa shape index (κ3) is 4.06. The van der Waals surface area contributed by atoms with Gasteiger partial charge in [0.05, 0.1) is 12.3 Å². The molecule has 1 fully saturated rings. The molecule has 7 nitrogen and oxygen atoms in total. The molecule has 1 saturated heterocycles. The number of hydrogen-bond acceptors (Lipinski definition) is 5. The maximum absolute atomic E-state index is 13.3. The Hall–Kier alpha value is -3.61. The van der Waals surface area contributed by atoms with Crippen molar-refractivity contribution in [2.75, 3.05) is 23.5 Å². The number of aryl methyl sites for hydroxylation is 1. The summed E-state index contributed by atoms with van der Waals surface area (Å²) >= 11 is 0. The van der Waals surface area contributed by atoms with E-state index in [2.05, 4.69) is 50.2 Å². The lowest BCUT2D eigenvalue weighted by Gasteiger charge is -2.45. The van der Waals surface area contributed by atoms with Gasteiger partial charge in [-0.2, -0.15) is 0 Å². The van der Waals surface area contributed by atoms with E-state index in [4.69, 9.17) is 4.74 Å². The van der Waals surface area contributed by atoms with Crippen molar-refractivity contribution in [2.45, 2.75) is 52.5 Å². The molecule has 0 aliphatic carbocycles. The molecule has 0 radical (unpaired) electrons. The standard InChI is InChI=1S/C27H31N3O4/c1-7-34-20-10-8-19(9-11-20)30-25(32)22(24(31)28-26(30)33)14-18-13-21-17(3)15-27(4,5)29(6)23(21)12-16(18)2/h8-14,17H,7,15H2,1-6H3,(H,28,31,33)/b22-14+. The minimum absolute atomic E-state index is 0.0383. The van der Waals surface area contributed by atoms with E-state index in [-0.39, 0.29) is 11.1 Å². The van der Waals surface area contributed by atoms with Crippen LogP contribution in [0.15, 0.2) is 42.0 Å². The molecule has 178 valence electrons. The summed E-state index contributed by atoms with van der Waals surface area (Å²) in [5.41, 5.74) is 4.41. The zero-order valence-electron chi connectivity index (χ0n) is 20.6. The molecule has 0 bridgehead atoms. The van der Waals surface area contributed by atoms with Crippen LogP contribution < -0.4 is 19.9 Å². The highest BCUT2D eigenvalue weighted by atomic mass is 16.5. The van der Waals surface area contributed by atoms with E-state index in [1.165, 1.54) is 5.56 Å². The SMILES string of the molecule is CCOc1ccc(N2C(=O)NC(=O)/C(=C\c3cc4c(cc3C)N(C)C(C)(C)CC4C)C2=O)cc1. The summed E-state index contributed by atoms with van der Waals surface area (Å²) in [4.78, 5) is 41.8. The van der Waals surface area contributed by atoms with Gasteiger partial charge in [0.25, 0.3) is 11.8 Å². The van der Waals surface area contributed by atoms with Gasteiger partial charge >= 0.3 is 6.03 Å². The molecule has 2 aliphatic heterocycles. The number of ether oxygens (including phenoxy) is 1. The summed E-state index contributed by atoms with van der Waals surface area (Å²) in [5, 5.41) is 2.30. The van der Waals surface area contributed by atoms with Crippen LogP contribution in [0, 0.1) is 6.92 Å². The van der Waals surface area contributed by atoms with Crippen LogP contribution in [0.4, 0.5) is 16.2 Å². The summed E-state index contributed by atoms with van der Waals surface area (Å²) in [6.45, 7) is 11.0. The molecule has 1 unspecified atom stereocenters. The first kappa shape index (κ1) is 23.5. The number of nitrogens with zero attached hydrogens (tertiary/aromatic N) is 2. The molecule has 1 atom stereocenters. The third-order valence-corrected chi connectivity index (χ3v) is 6.83. The Balaban J connectivity index is 1.72. The van der Waals surface area contributed by atoms with E-state index in [1.807, 2.05) is 13.8 Å². The average molecular weight is 462 g/mol. The van der Waals surface area contributed by atoms with Crippen LogP contribution in [0.2, 0.25) is 0 Å². The topological polar surface area (TPSA) is 79.0 Å². The van der Waals surface area contributed by atoms with E-state index < -0.39 is 17.8 Å². The molecule has 2 aromatic carbocycles. The number of urea groups is 1. The van der Waals surface area contributed by atoms with Crippen molar-refractivity contribution in [3.8, 4) is 5.75 Å². The van der Waals surface area contributed by atoms with Crippen molar-refractivity contribution in [2.24, 2.45) is 0 Å². The van der Waals surface area contributed by atoms with Gasteiger partial charge in [0.15, 0.2) is 0 Å². The van der Waals surface area contributed by atoms with E-state index >= 15 is 0 Å². The maximum atomic E-state index is 13.3. The van der Waals surface area contributed by atoms with E-state index in [0.29, 0.717) is 24.0 Å². The number of imide groups is 2. The first-order chi connectivity index (χ1) is 16.0. The van der Waals surface area contributed by atoms with Gasteiger partial charge in [-0.25, -0.2) is 9.69 Å². The zero-order chi connectivity index (χ0) is 24.8. The Labute approximate surface area is 200 Å². The molecule has 2 aliphatic rings. The van der Waals surface area contributed by atoms with Gasteiger partial charge in [0, 0.05) is 18.3 Å². The van der Waals surface area contributed by atoms with Gasteiger partial charge in [0.2, 0.25) is 0 Å². The number of fused-ring (bicyclic) bond motifs is 1. The summed E-state index contributed by atoms with van der Waals surface area (Å²) in [5.74, 6) is -0.381. The zero-order valence-corrected chi connectivity index (χ0v) is 20.6. The Morgan fingerprint density at radius 1 is 1.15 bits per heavy atom. The number of hydrogen-bond donors (Lipinski definition) is 1. The van der Waals surface area contributed by atoms with Crippen LogP contribution in [0.1, 0.15) is 56.7 Å². The second-order valence-electron chi connectivity index (χ2n) is 9.63. The molecular weight excluding hydrogens is 430 g/mol. The van der Waals surface area contributed by atoms with Gasteiger partial charge in [-0.1, -0.05) is 6.92 Å². The lowest BCUT2D eigenvalue weighted by atomic mass is 9.79. The molecule has 2 aromatic rings. The number of carbonyl (C=O) groups excluding carboxylic acids is 3. The molecule has 0 spiro atoms. The van der Waals surface area contributed by atoms with Crippen molar-refractivity contribution in [3.63, 3.8) is 0 Å². The summed E-state index contributed by atoms with van der Waals surface area (Å²) < 4.78 is 5.43. The van der Waals surface area contributed by atoms with Gasteiger partial charge < -0.3 is 9.64 Å². The second-order valence-corrected chi connectivity index (χ2v) is 9.63. The molecule has 34 heavy (non-hydrogen) atoms. The third-order valence-electron chi connectivity index (χ3n) is 6.83. The molecule has 2 heterocycles. The van der Waals surface area contributed by atoms with E-state index in [0.717, 1.165) is 28.1 Å². The lowest BCUT2D eigenvalue weighted by molar-refractivity contribution is -0.122. The van der Waals surface area contributed by atoms with E-state index in [1.54, 1.807) is 30.3 Å². The predicted molar refractivity (Wildman–Crippen MR) is 133 cm³/mol. The first-order valence-corrected chi connectivity index (χ1v) is 11.6. The predicted octanol–water partition coefficient (Wildman–Crippen LogP) is 4.78. The highest BCUT2D eigenvalue weighted by Gasteiger charge is 2.38. The van der Waals surface area contributed by atoms with Crippen LogP contribution >= 0.6 is 0 Å². The van der Waals surface area contributed by atoms with Crippen LogP contribution in [-0.4, -0.2) is 37.0 Å². The summed E-state index contributed by atoms with van der Waals surface area (Å²) in [6.07, 6.45) is 2.59. The Bertz CT molecular complexity index is 1200. The first-order valence-electron chi connectivity index (χ1n) is 11.6. The quantitative estimate of drug-likeness (QED) is 0.524. The van der Waals surface area contributed by atoms with Gasteiger partial charge in [-0.05, 0) is 99.2 Å². The van der Waals surface area contributed by atoms with Crippen molar-refractivity contribution < 1.29 is 19.1 Å². The van der Waals surface area contributed by atoms with Crippen LogP contribution in [-0.2, 0) is 9.59 Å². The summed E-state index contributed by atoms with van der Waals surface area (Å²) in [7, 11) is 2.10.